The van der Waals surface area contributed by atoms with Crippen molar-refractivity contribution < 1.29 is 61.7 Å². The quantitative estimate of drug-likeness (QED) is 0.0299. The Morgan fingerprint density at radius 3 is 1.59 bits per heavy atom. The summed E-state index contributed by atoms with van der Waals surface area (Å²) in [6.07, 6.45) is 9.73. The highest BCUT2D eigenvalue weighted by Gasteiger charge is 2.47. The Hall–Kier alpha value is -3.86. The third-order valence-electron chi connectivity index (χ3n) is 9.84. The highest BCUT2D eigenvalue weighted by Crippen LogP contribution is 2.28. The summed E-state index contributed by atoms with van der Waals surface area (Å²) in [7, 11) is -2.81. The summed E-state index contributed by atoms with van der Waals surface area (Å²) in [5.41, 5.74) is -2.84. The maximum absolute atomic E-state index is 11.8. The van der Waals surface area contributed by atoms with Crippen LogP contribution in [0.25, 0.3) is 0 Å². The van der Waals surface area contributed by atoms with Crippen LogP contribution >= 0.6 is 0 Å². The SMILES string of the molecule is CC(=O)N(C(C(=O)O)C(C)(C)ON=S)C(C)(C)C.CC(=O)NC(C(=O)OC(C)C)C(C)(C)ON=S.CC(C)(C)CO/N=[N+](\[O-])N1CCCC1.CCCCCC(=O)CC(C)(C)C.CCCCCS(=O)(=O)CC(C)(C)C. The fourth-order valence-corrected chi connectivity index (χ4v) is 9.32. The van der Waals surface area contributed by atoms with Gasteiger partial charge in [0.1, 0.15) is 12.4 Å². The Morgan fingerprint density at radius 2 is 1.23 bits per heavy atom. The first-order valence-corrected chi connectivity index (χ1v) is 28.2. The Morgan fingerprint density at radius 1 is 0.757 bits per heavy atom. The zero-order valence-corrected chi connectivity index (χ0v) is 52.0. The molecule has 1 aliphatic heterocycles. The number of carboxylic acid groups (broad SMARTS) is 1. The second-order valence-corrected chi connectivity index (χ2v) is 26.9. The number of esters is 1. The van der Waals surface area contributed by atoms with Crippen LogP contribution in [0.2, 0.25) is 0 Å². The number of ether oxygens (including phenoxy) is 1. The van der Waals surface area contributed by atoms with E-state index >= 15 is 0 Å². The molecular formula is C51H101N7O13S3. The third kappa shape index (κ3) is 41.4. The van der Waals surface area contributed by atoms with E-state index < -0.39 is 50.6 Å². The monoisotopic (exact) mass is 1120 g/mol. The summed E-state index contributed by atoms with van der Waals surface area (Å²) >= 11 is 8.70. The largest absolute Gasteiger partial charge is 0.569 e. The normalized spacial score (nSPS) is 14.0. The van der Waals surface area contributed by atoms with E-state index in [1.807, 2.05) is 41.5 Å². The van der Waals surface area contributed by atoms with Crippen molar-refractivity contribution in [1.82, 2.24) is 15.2 Å². The molecule has 1 heterocycles. The summed E-state index contributed by atoms with van der Waals surface area (Å²) in [6, 6.07) is -2.14. The standard InChI is InChI=1S/C11H20N2O4S.C11H22O.C10H18N2O4S.C10H22O2S.C9H19N3O2/c1-7(14)13(10(2,3)4)8(9(15)16)11(5,6)17-12-18;1-5-6-7-8-10(12)9-11(2,3)4;1-6(2)15-9(14)8(11-7(3)13)10(4,5)16-12-17;1-5-6-7-8-13(11,12)9-10(2,3)4;1-9(2,3)8-14-10-12(13)11-6-4-5-7-11/h8H,1-6H3,(H,15,16);5-9H2,1-4H3;6,8H,1-5H3,(H,11,13);5-9H2,1-4H3;4-8H2,1-3H3/b;;;;12-10-. The average Bonchev–Trinajstić information content (AvgIpc) is 3.73. The number of ketones is 1. The van der Waals surface area contributed by atoms with Crippen LogP contribution in [-0.2, 0) is 77.9 Å². The molecule has 23 heteroatoms. The van der Waals surface area contributed by atoms with E-state index in [9.17, 15) is 42.7 Å². The van der Waals surface area contributed by atoms with Gasteiger partial charge >= 0.3 is 11.9 Å². The third-order valence-corrected chi connectivity index (χ3v) is 12.2. The number of aliphatic carboxylic acids is 1. The first kappa shape index (κ1) is 76.6. The molecule has 0 radical (unpaired) electrons. The number of rotatable bonds is 24. The molecule has 0 aliphatic carbocycles. The van der Waals surface area contributed by atoms with Crippen molar-refractivity contribution in [3.05, 3.63) is 5.21 Å². The average molecular weight is 1120 g/mol. The minimum absolute atomic E-state index is 0.0371. The van der Waals surface area contributed by atoms with Crippen LogP contribution in [0.3, 0.4) is 0 Å². The van der Waals surface area contributed by atoms with E-state index in [4.69, 9.17) is 19.2 Å². The topological polar surface area (TPSA) is 258 Å². The van der Waals surface area contributed by atoms with Crippen molar-refractivity contribution in [2.24, 2.45) is 30.6 Å². The van der Waals surface area contributed by atoms with Gasteiger partial charge in [-0.25, -0.2) is 18.0 Å². The number of hydrogen-bond donors (Lipinski definition) is 2. The molecule has 2 amide bonds. The number of nitrogens with one attached hydrogen (secondary N) is 1. The predicted octanol–water partition coefficient (Wildman–Crippen LogP) is 10.6. The Labute approximate surface area is 457 Å². The zero-order valence-electron chi connectivity index (χ0n) is 49.6. The van der Waals surface area contributed by atoms with Gasteiger partial charge in [0.25, 0.3) is 0 Å². The number of carbonyl (C=O) groups excluding carboxylic acids is 4. The first-order chi connectivity index (χ1) is 33.4. The number of hydrogen-bond acceptors (Lipinski definition) is 17. The second kappa shape index (κ2) is 36.2. The molecule has 74 heavy (non-hydrogen) atoms. The molecule has 0 spiro atoms. The molecule has 1 rings (SSSR count). The van der Waals surface area contributed by atoms with Gasteiger partial charge in [0.15, 0.2) is 33.1 Å². The Kier molecular flexibility index (Phi) is 37.5. The zero-order chi connectivity index (χ0) is 59.1. The van der Waals surface area contributed by atoms with Crippen LogP contribution in [0, 0.1) is 21.5 Å². The first-order valence-electron chi connectivity index (χ1n) is 25.7. The van der Waals surface area contributed by atoms with Crippen LogP contribution in [0.1, 0.15) is 217 Å². The molecule has 436 valence electrons. The lowest BCUT2D eigenvalue weighted by molar-refractivity contribution is -0.707. The van der Waals surface area contributed by atoms with Crippen LogP contribution < -0.4 is 5.32 Å². The lowest BCUT2D eigenvalue weighted by Crippen LogP contribution is -2.62. The van der Waals surface area contributed by atoms with Crippen LogP contribution in [0.4, 0.5) is 0 Å². The van der Waals surface area contributed by atoms with Crippen LogP contribution in [0.5, 0.6) is 0 Å². The number of amides is 2. The molecular weight excluding hydrogens is 1010 g/mol. The summed E-state index contributed by atoms with van der Waals surface area (Å²) in [6.45, 7) is 42.2. The maximum Gasteiger partial charge on any atom is 0.333 e. The van der Waals surface area contributed by atoms with Crippen molar-refractivity contribution in [3.63, 3.8) is 0 Å². The Balaban J connectivity index is -0.000000417. The molecule has 0 aromatic carbocycles. The lowest BCUT2D eigenvalue weighted by Gasteiger charge is -2.44. The van der Waals surface area contributed by atoms with E-state index in [-0.39, 0.29) is 34.2 Å². The van der Waals surface area contributed by atoms with Gasteiger partial charge in [0, 0.05) is 32.2 Å². The van der Waals surface area contributed by atoms with Gasteiger partial charge in [0.2, 0.25) is 17.1 Å². The van der Waals surface area contributed by atoms with E-state index in [0.29, 0.717) is 28.9 Å². The molecule has 0 bridgehead atoms. The van der Waals surface area contributed by atoms with Gasteiger partial charge < -0.3 is 39.8 Å². The molecule has 20 nitrogen and oxygen atoms in total. The van der Waals surface area contributed by atoms with Crippen LogP contribution in [0.15, 0.2) is 14.3 Å². The van der Waals surface area contributed by atoms with Gasteiger partial charge in [-0.3, -0.25) is 14.4 Å². The van der Waals surface area contributed by atoms with E-state index in [1.165, 1.54) is 45.4 Å². The van der Waals surface area contributed by atoms with Gasteiger partial charge in [-0.2, -0.15) is 0 Å². The van der Waals surface area contributed by atoms with E-state index in [1.54, 1.807) is 53.5 Å². The van der Waals surface area contributed by atoms with Gasteiger partial charge in [-0.05, 0) is 113 Å². The molecule has 0 saturated carbocycles. The van der Waals surface area contributed by atoms with Gasteiger partial charge in [-0.1, -0.05) is 102 Å². The van der Waals surface area contributed by atoms with Crippen molar-refractivity contribution >= 4 is 64.2 Å². The lowest BCUT2D eigenvalue weighted by atomic mass is 9.88. The summed E-state index contributed by atoms with van der Waals surface area (Å²) in [4.78, 5) is 74.1. The number of nitrogens with zero attached hydrogens (tertiary/aromatic N) is 6. The minimum atomic E-state index is -2.81. The minimum Gasteiger partial charge on any atom is -0.569 e. The molecule has 2 atom stereocenters. The van der Waals surface area contributed by atoms with E-state index in [0.717, 1.165) is 64.5 Å². The second-order valence-electron chi connectivity index (χ2n) is 24.4. The fourth-order valence-electron chi connectivity index (χ4n) is 6.83. The molecule has 0 aromatic rings. The number of Topliss-reactive ketones (excluding diaryl/α,β-unsaturated/α-hetero) is 1. The molecule has 0 aromatic heterocycles. The highest BCUT2D eigenvalue weighted by molar-refractivity contribution is 7.91. The summed E-state index contributed by atoms with van der Waals surface area (Å²) in [5, 5.41) is 28.3. The number of carbonyl (C=O) groups is 5. The van der Waals surface area contributed by atoms with Crippen molar-refractivity contribution in [2.75, 3.05) is 31.2 Å². The fraction of sp³-hybridized carbons (Fsp3) is 0.902. The summed E-state index contributed by atoms with van der Waals surface area (Å²) in [5.74, 6) is -1.37. The van der Waals surface area contributed by atoms with Crippen molar-refractivity contribution in [3.8, 4) is 0 Å². The Bertz CT molecular complexity index is 1810. The van der Waals surface area contributed by atoms with Crippen LogP contribution in [-0.4, -0.2) is 124 Å². The highest BCUT2D eigenvalue weighted by atomic mass is 32.2. The van der Waals surface area contributed by atoms with Gasteiger partial charge in [0.05, 0.1) is 60.5 Å². The smallest absolute Gasteiger partial charge is 0.333 e. The predicted molar refractivity (Wildman–Crippen MR) is 296 cm³/mol. The molecule has 2 unspecified atom stereocenters. The maximum atomic E-state index is 11.8. The van der Waals surface area contributed by atoms with E-state index in [2.05, 4.69) is 79.1 Å². The summed E-state index contributed by atoms with van der Waals surface area (Å²) < 4.78 is 34.3. The number of carboxylic acids is 1. The molecule has 1 fully saturated rings. The van der Waals surface area contributed by atoms with Crippen molar-refractivity contribution in [1.29, 1.82) is 0 Å². The number of unbranched alkanes of at least 4 members (excludes halogenated alkanes) is 4. The molecule has 1 saturated heterocycles. The molecule has 2 N–H and O–H groups in total. The molecule has 1 aliphatic rings. The van der Waals surface area contributed by atoms with Crippen molar-refractivity contribution in [2.45, 2.75) is 251 Å². The number of hydrazine groups is 1. The number of sulfone groups is 1. The van der Waals surface area contributed by atoms with Gasteiger partial charge in [-0.15, -0.1) is 5.01 Å².